The van der Waals surface area contributed by atoms with Crippen LogP contribution in [0.25, 0.3) is 22.4 Å². The zero-order valence-electron chi connectivity index (χ0n) is 21.0. The number of rotatable bonds is 8. The normalized spacial score (nSPS) is 12.0. The lowest BCUT2D eigenvalue weighted by Gasteiger charge is -2.16. The van der Waals surface area contributed by atoms with Gasteiger partial charge in [0.1, 0.15) is 22.7 Å². The minimum absolute atomic E-state index is 0.274. The summed E-state index contributed by atoms with van der Waals surface area (Å²) in [6, 6.07) is 20.1. The fourth-order valence-corrected chi connectivity index (χ4v) is 4.34. The van der Waals surface area contributed by atoms with Crippen LogP contribution in [0, 0.1) is 6.92 Å². The number of aromatic nitrogens is 5. The number of para-hydroxylation sites is 2. The maximum atomic E-state index is 13.8. The lowest BCUT2D eigenvalue weighted by molar-refractivity contribution is -0.124. The van der Waals surface area contributed by atoms with E-state index in [1.165, 1.54) is 4.68 Å². The molecule has 0 aliphatic heterocycles. The second-order valence-corrected chi connectivity index (χ2v) is 8.65. The van der Waals surface area contributed by atoms with Gasteiger partial charge in [0.15, 0.2) is 5.82 Å². The van der Waals surface area contributed by atoms with E-state index in [2.05, 4.69) is 10.4 Å². The molecule has 0 saturated heterocycles. The molecule has 3 heterocycles. The Morgan fingerprint density at radius 3 is 2.43 bits per heavy atom. The van der Waals surface area contributed by atoms with Gasteiger partial charge in [-0.2, -0.15) is 10.2 Å². The first-order chi connectivity index (χ1) is 18.0. The largest absolute Gasteiger partial charge is 0.494 e. The topological polar surface area (TPSA) is 96.0 Å². The molecular formula is C28H28N6O3. The number of carbonyl (C=O) groups excluding carboxylic acids is 1. The van der Waals surface area contributed by atoms with Crippen molar-refractivity contribution in [2.75, 3.05) is 6.61 Å². The molecule has 0 bridgehead atoms. The second kappa shape index (κ2) is 10.1. The number of benzene rings is 2. The van der Waals surface area contributed by atoms with Gasteiger partial charge in [-0.25, -0.2) is 9.36 Å². The van der Waals surface area contributed by atoms with Crippen LogP contribution in [0.5, 0.6) is 5.75 Å². The number of nitrogens with one attached hydrogen (secondary N) is 1. The van der Waals surface area contributed by atoms with Crippen molar-refractivity contribution in [1.82, 2.24) is 29.4 Å². The number of hydrogen-bond donors (Lipinski definition) is 1. The van der Waals surface area contributed by atoms with E-state index < -0.39 is 6.04 Å². The molecule has 1 N–H and O–H groups in total. The van der Waals surface area contributed by atoms with Gasteiger partial charge in [-0.05, 0) is 51.1 Å². The van der Waals surface area contributed by atoms with E-state index in [-0.39, 0.29) is 18.0 Å². The van der Waals surface area contributed by atoms with Gasteiger partial charge in [-0.15, -0.1) is 0 Å². The van der Waals surface area contributed by atoms with Crippen LogP contribution in [0.3, 0.4) is 0 Å². The Balaban J connectivity index is 1.55. The molecule has 0 spiro atoms. The molecule has 0 aliphatic rings. The lowest BCUT2D eigenvalue weighted by atomic mass is 10.2. The van der Waals surface area contributed by atoms with E-state index >= 15 is 0 Å². The van der Waals surface area contributed by atoms with Crippen molar-refractivity contribution >= 4 is 16.8 Å². The smallest absolute Gasteiger partial charge is 0.280 e. The molecule has 2 aromatic carbocycles. The van der Waals surface area contributed by atoms with Crippen LogP contribution in [0.4, 0.5) is 0 Å². The van der Waals surface area contributed by atoms with Gasteiger partial charge in [0.2, 0.25) is 5.91 Å². The highest BCUT2D eigenvalue weighted by atomic mass is 16.5. The summed E-state index contributed by atoms with van der Waals surface area (Å²) in [6.07, 6.45) is 3.72. The van der Waals surface area contributed by atoms with Gasteiger partial charge in [0.25, 0.3) is 5.56 Å². The molecule has 1 amide bonds. The summed E-state index contributed by atoms with van der Waals surface area (Å²) in [5.41, 5.74) is 2.33. The van der Waals surface area contributed by atoms with Crippen molar-refractivity contribution in [3.63, 3.8) is 0 Å². The Morgan fingerprint density at radius 1 is 1.00 bits per heavy atom. The van der Waals surface area contributed by atoms with E-state index in [9.17, 15) is 9.59 Å². The summed E-state index contributed by atoms with van der Waals surface area (Å²) in [7, 11) is 0. The number of aryl methyl sites for hydroxylation is 1. The van der Waals surface area contributed by atoms with Gasteiger partial charge in [-0.1, -0.05) is 36.4 Å². The molecule has 3 aromatic heterocycles. The average molecular weight is 497 g/mol. The van der Waals surface area contributed by atoms with Crippen LogP contribution in [-0.4, -0.2) is 36.6 Å². The van der Waals surface area contributed by atoms with Crippen molar-refractivity contribution in [2.24, 2.45) is 0 Å². The van der Waals surface area contributed by atoms with E-state index in [0.717, 1.165) is 17.0 Å². The Hall–Kier alpha value is -4.66. The van der Waals surface area contributed by atoms with Crippen molar-refractivity contribution in [2.45, 2.75) is 33.4 Å². The van der Waals surface area contributed by atoms with E-state index in [1.54, 1.807) is 18.5 Å². The molecule has 5 rings (SSSR count). The molecule has 9 nitrogen and oxygen atoms in total. The standard InChI is InChI=1S/C28H28N6O3/c1-4-37-23-15-9-8-12-21(23)18-29-26(35)20(3)33-28(36)24-25(19(2)30-33)31-34(22-13-6-5-7-14-22)27(24)32-16-10-11-17-32/h5-17,20H,4,18H2,1-3H3,(H,29,35)/t20-/m0/s1. The number of carbonyl (C=O) groups is 1. The predicted octanol–water partition coefficient (Wildman–Crippen LogP) is 3.96. The number of nitrogens with zero attached hydrogens (tertiary/aromatic N) is 5. The third-order valence-electron chi connectivity index (χ3n) is 6.21. The van der Waals surface area contributed by atoms with Gasteiger partial charge in [-0.3, -0.25) is 9.59 Å². The molecule has 0 unspecified atom stereocenters. The molecule has 37 heavy (non-hydrogen) atoms. The highest BCUT2D eigenvalue weighted by Gasteiger charge is 2.25. The molecule has 0 fully saturated rings. The second-order valence-electron chi connectivity index (χ2n) is 8.65. The lowest BCUT2D eigenvalue weighted by Crippen LogP contribution is -2.37. The zero-order valence-corrected chi connectivity index (χ0v) is 21.0. The highest BCUT2D eigenvalue weighted by Crippen LogP contribution is 2.25. The van der Waals surface area contributed by atoms with Crippen LogP contribution in [0.1, 0.15) is 31.1 Å². The van der Waals surface area contributed by atoms with Crippen LogP contribution in [0.15, 0.2) is 83.9 Å². The molecule has 0 aliphatic carbocycles. The Morgan fingerprint density at radius 2 is 1.70 bits per heavy atom. The average Bonchev–Trinajstić information content (AvgIpc) is 3.59. The van der Waals surface area contributed by atoms with Crippen LogP contribution >= 0.6 is 0 Å². The highest BCUT2D eigenvalue weighted by molar-refractivity contribution is 5.88. The third kappa shape index (κ3) is 4.51. The summed E-state index contributed by atoms with van der Waals surface area (Å²) in [5.74, 6) is 0.988. The summed E-state index contributed by atoms with van der Waals surface area (Å²) < 4.78 is 10.5. The quantitative estimate of drug-likeness (QED) is 0.351. The fraction of sp³-hybridized carbons (Fsp3) is 0.214. The molecular weight excluding hydrogens is 468 g/mol. The first-order valence-electron chi connectivity index (χ1n) is 12.2. The summed E-state index contributed by atoms with van der Waals surface area (Å²) in [4.78, 5) is 27.0. The molecule has 188 valence electrons. The molecule has 0 saturated carbocycles. The maximum absolute atomic E-state index is 13.8. The SMILES string of the molecule is CCOc1ccccc1CNC(=O)[C@H](C)n1nc(C)c2nn(-c3ccccc3)c(-n3cccc3)c2c1=O. The zero-order chi connectivity index (χ0) is 25.9. The number of amides is 1. The van der Waals surface area contributed by atoms with Crippen LogP contribution in [-0.2, 0) is 11.3 Å². The van der Waals surface area contributed by atoms with Crippen molar-refractivity contribution in [3.8, 4) is 17.3 Å². The number of hydrogen-bond acceptors (Lipinski definition) is 5. The molecule has 1 atom stereocenters. The molecule has 0 radical (unpaired) electrons. The Labute approximate surface area is 213 Å². The van der Waals surface area contributed by atoms with Gasteiger partial charge < -0.3 is 14.6 Å². The summed E-state index contributed by atoms with van der Waals surface area (Å²) in [6.45, 7) is 6.18. The minimum Gasteiger partial charge on any atom is -0.494 e. The maximum Gasteiger partial charge on any atom is 0.280 e. The summed E-state index contributed by atoms with van der Waals surface area (Å²) in [5, 5.41) is 12.6. The number of fused-ring (bicyclic) bond motifs is 1. The fourth-order valence-electron chi connectivity index (χ4n) is 4.34. The first kappa shape index (κ1) is 24.1. The summed E-state index contributed by atoms with van der Waals surface area (Å²) >= 11 is 0. The van der Waals surface area contributed by atoms with Crippen molar-refractivity contribution < 1.29 is 9.53 Å². The van der Waals surface area contributed by atoms with E-state index in [0.29, 0.717) is 29.0 Å². The van der Waals surface area contributed by atoms with Crippen molar-refractivity contribution in [1.29, 1.82) is 0 Å². The minimum atomic E-state index is -0.840. The molecule has 5 aromatic rings. The predicted molar refractivity (Wildman–Crippen MR) is 141 cm³/mol. The van der Waals surface area contributed by atoms with Gasteiger partial charge >= 0.3 is 0 Å². The van der Waals surface area contributed by atoms with E-state index in [4.69, 9.17) is 9.84 Å². The third-order valence-corrected chi connectivity index (χ3v) is 6.21. The van der Waals surface area contributed by atoms with Crippen molar-refractivity contribution in [3.05, 3.63) is 101 Å². The van der Waals surface area contributed by atoms with Gasteiger partial charge in [0.05, 0.1) is 18.0 Å². The first-order valence-corrected chi connectivity index (χ1v) is 12.2. The molecule has 9 heteroatoms. The Kier molecular flexibility index (Phi) is 6.59. The van der Waals surface area contributed by atoms with E-state index in [1.807, 2.05) is 90.6 Å². The van der Waals surface area contributed by atoms with Gasteiger partial charge in [0, 0.05) is 24.5 Å². The van der Waals surface area contributed by atoms with Crippen LogP contribution < -0.4 is 15.6 Å². The number of ether oxygens (including phenoxy) is 1. The van der Waals surface area contributed by atoms with Crippen LogP contribution in [0.2, 0.25) is 0 Å². The Bertz CT molecular complexity index is 1600. The monoisotopic (exact) mass is 496 g/mol.